The van der Waals surface area contributed by atoms with Crippen molar-refractivity contribution < 1.29 is 4.79 Å². The van der Waals surface area contributed by atoms with Gasteiger partial charge in [0.05, 0.1) is 11.9 Å². The van der Waals surface area contributed by atoms with E-state index in [1.807, 2.05) is 26.0 Å². The average molecular weight is 352 g/mol. The first-order valence-corrected chi connectivity index (χ1v) is 9.34. The molecule has 0 spiro atoms. The Morgan fingerprint density at radius 1 is 1.12 bits per heavy atom. The number of aryl methyl sites for hydroxylation is 1. The summed E-state index contributed by atoms with van der Waals surface area (Å²) in [5.41, 5.74) is 3.35. The van der Waals surface area contributed by atoms with E-state index in [1.54, 1.807) is 6.20 Å². The predicted octanol–water partition coefficient (Wildman–Crippen LogP) is 3.70. The summed E-state index contributed by atoms with van der Waals surface area (Å²) in [5.74, 6) is 1.36. The minimum atomic E-state index is 0.0429. The first-order valence-electron chi connectivity index (χ1n) is 9.34. The van der Waals surface area contributed by atoms with Gasteiger partial charge in [-0.15, -0.1) is 0 Å². The van der Waals surface area contributed by atoms with Crippen LogP contribution in [0, 0.1) is 12.8 Å². The van der Waals surface area contributed by atoms with E-state index < -0.39 is 0 Å². The molecule has 1 aliphatic rings. The van der Waals surface area contributed by atoms with Gasteiger partial charge < -0.3 is 15.1 Å². The van der Waals surface area contributed by atoms with E-state index in [1.165, 1.54) is 11.3 Å². The van der Waals surface area contributed by atoms with Gasteiger partial charge in [0.15, 0.2) is 0 Å². The molecule has 0 unspecified atom stereocenters. The van der Waals surface area contributed by atoms with Crippen LogP contribution in [0.25, 0.3) is 0 Å². The van der Waals surface area contributed by atoms with E-state index in [2.05, 4.69) is 51.3 Å². The van der Waals surface area contributed by atoms with Crippen LogP contribution in [0.2, 0.25) is 0 Å². The number of aromatic nitrogens is 1. The molecule has 1 aromatic carbocycles. The van der Waals surface area contributed by atoms with Gasteiger partial charge in [-0.25, -0.2) is 4.98 Å². The Bertz CT molecular complexity index is 734. The lowest BCUT2D eigenvalue weighted by Gasteiger charge is -2.36. The van der Waals surface area contributed by atoms with Crippen LogP contribution in [0.3, 0.4) is 0 Å². The number of rotatable bonds is 5. The van der Waals surface area contributed by atoms with Crippen LogP contribution in [-0.4, -0.2) is 37.1 Å². The number of anilines is 3. The molecule has 0 atom stereocenters. The summed E-state index contributed by atoms with van der Waals surface area (Å²) in [6, 6.07) is 12.6. The Labute approximate surface area is 156 Å². The first-order chi connectivity index (χ1) is 12.5. The Hall–Kier alpha value is -2.56. The number of benzene rings is 1. The number of piperazine rings is 1. The highest BCUT2D eigenvalue weighted by molar-refractivity contribution is 5.90. The fourth-order valence-electron chi connectivity index (χ4n) is 3.25. The van der Waals surface area contributed by atoms with E-state index in [0.29, 0.717) is 12.3 Å². The van der Waals surface area contributed by atoms with Gasteiger partial charge in [0.1, 0.15) is 5.82 Å². The van der Waals surface area contributed by atoms with E-state index in [0.717, 1.165) is 37.7 Å². The third-order valence-corrected chi connectivity index (χ3v) is 4.60. The largest absolute Gasteiger partial charge is 0.368 e. The van der Waals surface area contributed by atoms with Crippen molar-refractivity contribution >= 4 is 23.1 Å². The monoisotopic (exact) mass is 352 g/mol. The minimum Gasteiger partial charge on any atom is -0.368 e. The number of nitrogens with one attached hydrogen (secondary N) is 1. The van der Waals surface area contributed by atoms with Crippen molar-refractivity contribution in [2.45, 2.75) is 27.2 Å². The number of amides is 1. The topological polar surface area (TPSA) is 48.5 Å². The van der Waals surface area contributed by atoms with Crippen molar-refractivity contribution in [2.75, 3.05) is 41.3 Å². The molecule has 2 aromatic rings. The SMILES string of the molecule is Cc1cccc(N2CCN(c3ccc(NC(=O)CC(C)C)cn3)CC2)c1. The lowest BCUT2D eigenvalue weighted by atomic mass is 10.1. The number of nitrogens with zero attached hydrogens (tertiary/aromatic N) is 3. The second kappa shape index (κ2) is 8.21. The zero-order chi connectivity index (χ0) is 18.5. The lowest BCUT2D eigenvalue weighted by molar-refractivity contribution is -0.116. The quantitative estimate of drug-likeness (QED) is 0.891. The summed E-state index contributed by atoms with van der Waals surface area (Å²) in [7, 11) is 0. The Balaban J connectivity index is 1.55. The number of carbonyl (C=O) groups excluding carboxylic acids is 1. The standard InChI is InChI=1S/C21H28N4O/c1-16(2)13-21(26)23-18-7-8-20(22-15-18)25-11-9-24(10-12-25)19-6-4-5-17(3)14-19/h4-8,14-16H,9-13H2,1-3H3,(H,23,26). The van der Waals surface area contributed by atoms with Crippen LogP contribution in [0.1, 0.15) is 25.8 Å². The van der Waals surface area contributed by atoms with Crippen molar-refractivity contribution in [3.63, 3.8) is 0 Å². The molecule has 1 amide bonds. The first kappa shape index (κ1) is 18.2. The maximum Gasteiger partial charge on any atom is 0.224 e. The minimum absolute atomic E-state index is 0.0429. The van der Waals surface area contributed by atoms with Crippen molar-refractivity contribution in [3.8, 4) is 0 Å². The zero-order valence-corrected chi connectivity index (χ0v) is 15.9. The molecule has 0 saturated carbocycles. The van der Waals surface area contributed by atoms with Gasteiger partial charge in [0, 0.05) is 38.3 Å². The molecule has 0 radical (unpaired) electrons. The summed E-state index contributed by atoms with van der Waals surface area (Å²) >= 11 is 0. The molecule has 26 heavy (non-hydrogen) atoms. The molecule has 1 saturated heterocycles. The van der Waals surface area contributed by atoms with Gasteiger partial charge in [-0.1, -0.05) is 26.0 Å². The maximum atomic E-state index is 11.8. The lowest BCUT2D eigenvalue weighted by Crippen LogP contribution is -2.46. The number of carbonyl (C=O) groups is 1. The summed E-state index contributed by atoms with van der Waals surface area (Å²) in [5, 5.41) is 2.91. The number of pyridine rings is 1. The molecule has 5 heteroatoms. The third kappa shape index (κ3) is 4.75. The number of hydrogen-bond acceptors (Lipinski definition) is 4. The van der Waals surface area contributed by atoms with Crippen molar-refractivity contribution in [1.29, 1.82) is 0 Å². The van der Waals surface area contributed by atoms with Crippen LogP contribution in [-0.2, 0) is 4.79 Å². The average Bonchev–Trinajstić information content (AvgIpc) is 2.62. The molecular formula is C21H28N4O. The highest BCUT2D eigenvalue weighted by Gasteiger charge is 2.18. The van der Waals surface area contributed by atoms with Crippen molar-refractivity contribution in [2.24, 2.45) is 5.92 Å². The van der Waals surface area contributed by atoms with Gasteiger partial charge in [-0.2, -0.15) is 0 Å². The van der Waals surface area contributed by atoms with Crippen molar-refractivity contribution in [3.05, 3.63) is 48.2 Å². The van der Waals surface area contributed by atoms with E-state index in [9.17, 15) is 4.79 Å². The second-order valence-corrected chi connectivity index (χ2v) is 7.36. The molecule has 0 bridgehead atoms. The smallest absolute Gasteiger partial charge is 0.224 e. The Kier molecular flexibility index (Phi) is 5.76. The van der Waals surface area contributed by atoms with E-state index >= 15 is 0 Å². The molecule has 0 aliphatic carbocycles. The molecule has 1 aromatic heterocycles. The second-order valence-electron chi connectivity index (χ2n) is 7.36. The van der Waals surface area contributed by atoms with E-state index in [4.69, 9.17) is 0 Å². The predicted molar refractivity (Wildman–Crippen MR) is 108 cm³/mol. The van der Waals surface area contributed by atoms with Crippen molar-refractivity contribution in [1.82, 2.24) is 4.98 Å². The van der Waals surface area contributed by atoms with Gasteiger partial charge in [-0.3, -0.25) is 4.79 Å². The fraction of sp³-hybridized carbons (Fsp3) is 0.429. The molecule has 1 aliphatic heterocycles. The third-order valence-electron chi connectivity index (χ3n) is 4.60. The highest BCUT2D eigenvalue weighted by Crippen LogP contribution is 2.21. The summed E-state index contributed by atoms with van der Waals surface area (Å²) in [6.45, 7) is 10.1. The molecule has 1 N–H and O–H groups in total. The van der Waals surface area contributed by atoms with Gasteiger partial charge in [0.25, 0.3) is 0 Å². The number of hydrogen-bond donors (Lipinski definition) is 1. The van der Waals surface area contributed by atoms with Gasteiger partial charge in [0.2, 0.25) is 5.91 Å². The molecule has 5 nitrogen and oxygen atoms in total. The van der Waals surface area contributed by atoms with Crippen LogP contribution in [0.4, 0.5) is 17.2 Å². The molecular weight excluding hydrogens is 324 g/mol. The van der Waals surface area contributed by atoms with Crippen LogP contribution < -0.4 is 15.1 Å². The van der Waals surface area contributed by atoms with Gasteiger partial charge >= 0.3 is 0 Å². The molecule has 138 valence electrons. The zero-order valence-electron chi connectivity index (χ0n) is 15.9. The molecule has 1 fully saturated rings. The fourth-order valence-corrected chi connectivity index (χ4v) is 3.25. The normalized spacial score (nSPS) is 14.6. The van der Waals surface area contributed by atoms with Crippen LogP contribution in [0.5, 0.6) is 0 Å². The highest BCUT2D eigenvalue weighted by atomic mass is 16.1. The summed E-state index contributed by atoms with van der Waals surface area (Å²) in [6.07, 6.45) is 2.28. The maximum absolute atomic E-state index is 11.8. The summed E-state index contributed by atoms with van der Waals surface area (Å²) in [4.78, 5) is 21.1. The van der Waals surface area contributed by atoms with Crippen LogP contribution in [0.15, 0.2) is 42.6 Å². The Morgan fingerprint density at radius 2 is 1.85 bits per heavy atom. The molecule has 3 rings (SSSR count). The summed E-state index contributed by atoms with van der Waals surface area (Å²) < 4.78 is 0. The van der Waals surface area contributed by atoms with Crippen LogP contribution >= 0.6 is 0 Å². The molecule has 2 heterocycles. The van der Waals surface area contributed by atoms with E-state index in [-0.39, 0.29) is 5.91 Å². The van der Waals surface area contributed by atoms with Gasteiger partial charge in [-0.05, 0) is 42.7 Å². The Morgan fingerprint density at radius 3 is 2.46 bits per heavy atom.